The molecule has 3 rings (SSSR count). The van der Waals surface area contributed by atoms with Crippen LogP contribution in [0, 0.1) is 0 Å². The lowest BCUT2D eigenvalue weighted by Crippen LogP contribution is -2.37. The van der Waals surface area contributed by atoms with E-state index in [1.807, 2.05) is 24.3 Å². The number of amides is 2. The van der Waals surface area contributed by atoms with Crippen molar-refractivity contribution in [2.75, 3.05) is 5.32 Å². The molecule has 19 heavy (non-hydrogen) atoms. The number of aromatic nitrogens is 1. The van der Waals surface area contributed by atoms with Crippen molar-refractivity contribution in [1.82, 2.24) is 10.0 Å². The molecule has 0 bridgehead atoms. The van der Waals surface area contributed by atoms with Gasteiger partial charge in [0.15, 0.2) is 0 Å². The first-order valence-corrected chi connectivity index (χ1v) is 6.01. The molecular weight excluding hydrogens is 242 g/mol. The third-order valence-corrected chi connectivity index (χ3v) is 2.95. The molecule has 2 aromatic rings. The van der Waals surface area contributed by atoms with Gasteiger partial charge in [-0.1, -0.05) is 24.3 Å². The Hall–Kier alpha value is -2.40. The Balaban J connectivity index is 1.70. The Morgan fingerprint density at radius 1 is 1.21 bits per heavy atom. The maximum Gasteiger partial charge on any atom is 0.346 e. The van der Waals surface area contributed by atoms with Crippen molar-refractivity contribution in [3.8, 4) is 0 Å². The predicted molar refractivity (Wildman–Crippen MR) is 70.0 cm³/mol. The summed E-state index contributed by atoms with van der Waals surface area (Å²) in [6.07, 6.45) is 3.25. The van der Waals surface area contributed by atoms with E-state index in [0.29, 0.717) is 18.8 Å². The highest BCUT2D eigenvalue weighted by Crippen LogP contribution is 2.20. The van der Waals surface area contributed by atoms with Gasteiger partial charge in [0.2, 0.25) is 0 Å². The number of benzene rings is 1. The summed E-state index contributed by atoms with van der Waals surface area (Å²) >= 11 is 0. The molecule has 96 valence electrons. The lowest BCUT2D eigenvalue weighted by molar-refractivity contribution is -0.141. The smallest absolute Gasteiger partial charge is 0.305 e. The zero-order valence-corrected chi connectivity index (χ0v) is 10.2. The van der Waals surface area contributed by atoms with Crippen LogP contribution in [-0.4, -0.2) is 16.1 Å². The van der Waals surface area contributed by atoms with Gasteiger partial charge in [-0.25, -0.2) is 4.79 Å². The van der Waals surface area contributed by atoms with Gasteiger partial charge in [0, 0.05) is 6.20 Å². The highest BCUT2D eigenvalue weighted by molar-refractivity contribution is 5.88. The Morgan fingerprint density at radius 3 is 2.84 bits per heavy atom. The quantitative estimate of drug-likeness (QED) is 0.852. The number of nitrogens with zero attached hydrogens (tertiary/aromatic N) is 2. The normalized spacial score (nSPS) is 13.8. The molecule has 0 unspecified atom stereocenters. The summed E-state index contributed by atoms with van der Waals surface area (Å²) in [5.74, 6) is 0. The summed E-state index contributed by atoms with van der Waals surface area (Å²) in [7, 11) is 0. The summed E-state index contributed by atoms with van der Waals surface area (Å²) in [5.41, 5.74) is 2.87. The van der Waals surface area contributed by atoms with Crippen molar-refractivity contribution in [2.45, 2.75) is 13.2 Å². The third-order valence-electron chi connectivity index (χ3n) is 2.95. The molecule has 1 N–H and O–H groups in total. The third kappa shape index (κ3) is 2.56. The minimum absolute atomic E-state index is 0.289. The molecule has 2 heterocycles. The fraction of sp³-hybridized carbons (Fsp3) is 0.143. The number of hydroxylamine groups is 2. The number of carbonyl (C=O) groups excluding carboxylic acids is 1. The molecule has 1 aromatic carbocycles. The second-order valence-electron chi connectivity index (χ2n) is 4.25. The second-order valence-corrected chi connectivity index (χ2v) is 4.25. The standard InChI is InChI=1S/C14H13N3O2/c18-14(16-13-6-3-7-15-8-13)17-9-11-4-1-2-5-12(11)10-19-17/h1-8H,9-10H2,(H,16,18). The number of hydrogen-bond acceptors (Lipinski definition) is 3. The molecule has 0 fully saturated rings. The predicted octanol–water partition coefficient (Wildman–Crippen LogP) is 2.56. The van der Waals surface area contributed by atoms with Gasteiger partial charge in [0.05, 0.1) is 18.4 Å². The molecule has 5 heteroatoms. The molecule has 1 aliphatic heterocycles. The van der Waals surface area contributed by atoms with E-state index in [1.54, 1.807) is 24.5 Å². The maximum absolute atomic E-state index is 12.0. The van der Waals surface area contributed by atoms with Gasteiger partial charge in [0.25, 0.3) is 0 Å². The van der Waals surface area contributed by atoms with Crippen LogP contribution >= 0.6 is 0 Å². The minimum atomic E-state index is -0.289. The van der Waals surface area contributed by atoms with E-state index in [9.17, 15) is 4.79 Å². The van der Waals surface area contributed by atoms with Crippen molar-refractivity contribution in [1.29, 1.82) is 0 Å². The average Bonchev–Trinajstić information content (AvgIpc) is 2.48. The van der Waals surface area contributed by atoms with Crippen LogP contribution < -0.4 is 5.32 Å². The highest BCUT2D eigenvalue weighted by atomic mass is 16.7. The van der Waals surface area contributed by atoms with Crippen LogP contribution in [0.3, 0.4) is 0 Å². The Bertz CT molecular complexity index is 586. The van der Waals surface area contributed by atoms with E-state index in [0.717, 1.165) is 11.1 Å². The first-order chi connectivity index (χ1) is 9.33. The van der Waals surface area contributed by atoms with Crippen LogP contribution in [-0.2, 0) is 18.0 Å². The van der Waals surface area contributed by atoms with E-state index in [1.165, 1.54) is 5.06 Å². The number of rotatable bonds is 1. The van der Waals surface area contributed by atoms with Gasteiger partial charge in [-0.2, -0.15) is 5.06 Å². The molecule has 0 atom stereocenters. The van der Waals surface area contributed by atoms with Crippen LogP contribution in [0.15, 0.2) is 48.8 Å². The largest absolute Gasteiger partial charge is 0.346 e. The van der Waals surface area contributed by atoms with Gasteiger partial charge in [0.1, 0.15) is 6.61 Å². The van der Waals surface area contributed by atoms with Crippen LogP contribution in [0.2, 0.25) is 0 Å². The summed E-state index contributed by atoms with van der Waals surface area (Å²) in [6.45, 7) is 0.860. The zero-order chi connectivity index (χ0) is 13.1. The lowest BCUT2D eigenvalue weighted by Gasteiger charge is -2.27. The number of fused-ring (bicyclic) bond motifs is 1. The summed E-state index contributed by atoms with van der Waals surface area (Å²) < 4.78 is 0. The molecule has 0 saturated carbocycles. The van der Waals surface area contributed by atoms with Crippen molar-refractivity contribution in [2.24, 2.45) is 0 Å². The molecular formula is C14H13N3O2. The Morgan fingerprint density at radius 2 is 2.05 bits per heavy atom. The molecule has 0 radical (unpaired) electrons. The maximum atomic E-state index is 12.0. The minimum Gasteiger partial charge on any atom is -0.305 e. The summed E-state index contributed by atoms with van der Waals surface area (Å²) in [6, 6.07) is 11.2. The van der Waals surface area contributed by atoms with Crippen molar-refractivity contribution in [3.05, 3.63) is 59.9 Å². The highest BCUT2D eigenvalue weighted by Gasteiger charge is 2.21. The average molecular weight is 255 g/mol. The SMILES string of the molecule is O=C(Nc1cccnc1)N1Cc2ccccc2CO1. The number of anilines is 1. The second kappa shape index (κ2) is 5.07. The monoisotopic (exact) mass is 255 g/mol. The fourth-order valence-electron chi connectivity index (χ4n) is 1.95. The molecule has 0 aliphatic carbocycles. The number of pyridine rings is 1. The molecule has 0 spiro atoms. The van der Waals surface area contributed by atoms with E-state index in [4.69, 9.17) is 4.84 Å². The van der Waals surface area contributed by atoms with Crippen molar-refractivity contribution < 1.29 is 9.63 Å². The summed E-state index contributed by atoms with van der Waals surface area (Å²) in [4.78, 5) is 21.4. The molecule has 1 aromatic heterocycles. The van der Waals surface area contributed by atoms with Crippen molar-refractivity contribution in [3.63, 3.8) is 0 Å². The first kappa shape index (κ1) is 11.7. The lowest BCUT2D eigenvalue weighted by atomic mass is 10.1. The molecule has 0 saturated heterocycles. The van der Waals surface area contributed by atoms with E-state index < -0.39 is 0 Å². The van der Waals surface area contributed by atoms with Gasteiger partial charge in [-0.05, 0) is 23.3 Å². The van der Waals surface area contributed by atoms with E-state index in [2.05, 4.69) is 10.3 Å². The van der Waals surface area contributed by atoms with Gasteiger partial charge >= 0.3 is 6.03 Å². The fourth-order valence-corrected chi connectivity index (χ4v) is 1.95. The Kier molecular flexibility index (Phi) is 3.12. The van der Waals surface area contributed by atoms with Crippen LogP contribution in [0.1, 0.15) is 11.1 Å². The topological polar surface area (TPSA) is 54.5 Å². The molecule has 1 aliphatic rings. The number of hydrogen-bond donors (Lipinski definition) is 1. The van der Waals surface area contributed by atoms with Crippen LogP contribution in [0.25, 0.3) is 0 Å². The van der Waals surface area contributed by atoms with Gasteiger partial charge in [-0.3, -0.25) is 9.82 Å². The number of carbonyl (C=O) groups is 1. The van der Waals surface area contributed by atoms with Gasteiger partial charge in [-0.15, -0.1) is 0 Å². The van der Waals surface area contributed by atoms with E-state index in [-0.39, 0.29) is 6.03 Å². The Labute approximate surface area is 110 Å². The van der Waals surface area contributed by atoms with E-state index >= 15 is 0 Å². The summed E-state index contributed by atoms with van der Waals surface area (Å²) in [5, 5.41) is 4.07. The number of nitrogens with one attached hydrogen (secondary N) is 1. The first-order valence-electron chi connectivity index (χ1n) is 6.01. The zero-order valence-electron chi connectivity index (χ0n) is 10.2. The molecule has 5 nitrogen and oxygen atoms in total. The number of urea groups is 1. The van der Waals surface area contributed by atoms with Crippen LogP contribution in [0.5, 0.6) is 0 Å². The molecule has 2 amide bonds. The van der Waals surface area contributed by atoms with Gasteiger partial charge < -0.3 is 5.32 Å². The van der Waals surface area contributed by atoms with Crippen LogP contribution in [0.4, 0.5) is 10.5 Å². The van der Waals surface area contributed by atoms with Crippen molar-refractivity contribution >= 4 is 11.7 Å².